The number of rotatable bonds is 9. The lowest BCUT2D eigenvalue weighted by atomic mass is 9.95. The summed E-state index contributed by atoms with van der Waals surface area (Å²) in [7, 11) is 0. The largest absolute Gasteiger partial charge is 0.303 e. The van der Waals surface area contributed by atoms with E-state index >= 15 is 0 Å². The fourth-order valence-electron chi connectivity index (χ4n) is 3.04. The van der Waals surface area contributed by atoms with E-state index in [0.29, 0.717) is 5.92 Å². The standard InChI is InChI=1S/C20H33N/c1-7-19-11-10-18(13-20(19)8-2)12-17(6)15-21(9-3)14-16(4)5/h8,10-11,13,16-17H,2,7,9,12,14-15H2,1,3-6H3. The number of nitrogens with zero attached hydrogens (tertiary/aromatic N) is 1. The fraction of sp³-hybridized carbons (Fsp3) is 0.600. The van der Waals surface area contributed by atoms with Gasteiger partial charge in [0.05, 0.1) is 0 Å². The summed E-state index contributed by atoms with van der Waals surface area (Å²) in [6.07, 6.45) is 4.22. The van der Waals surface area contributed by atoms with E-state index < -0.39 is 0 Å². The van der Waals surface area contributed by atoms with Crippen molar-refractivity contribution in [1.82, 2.24) is 4.90 Å². The molecule has 0 fully saturated rings. The maximum Gasteiger partial charge on any atom is 0.00102 e. The van der Waals surface area contributed by atoms with Crippen LogP contribution >= 0.6 is 0 Å². The van der Waals surface area contributed by atoms with E-state index in [1.54, 1.807) is 0 Å². The van der Waals surface area contributed by atoms with E-state index in [2.05, 4.69) is 64.3 Å². The predicted molar refractivity (Wildman–Crippen MR) is 95.7 cm³/mol. The molecule has 1 heteroatoms. The minimum Gasteiger partial charge on any atom is -0.303 e. The lowest BCUT2D eigenvalue weighted by Gasteiger charge is -2.26. The first-order valence-corrected chi connectivity index (χ1v) is 8.46. The Morgan fingerprint density at radius 1 is 1.14 bits per heavy atom. The van der Waals surface area contributed by atoms with E-state index in [1.807, 2.05) is 6.08 Å². The van der Waals surface area contributed by atoms with Crippen LogP contribution in [0.5, 0.6) is 0 Å². The highest BCUT2D eigenvalue weighted by molar-refractivity contribution is 5.53. The van der Waals surface area contributed by atoms with Gasteiger partial charge in [-0.2, -0.15) is 0 Å². The lowest BCUT2D eigenvalue weighted by Crippen LogP contribution is -2.32. The summed E-state index contributed by atoms with van der Waals surface area (Å²) in [6, 6.07) is 6.88. The Morgan fingerprint density at radius 3 is 2.38 bits per heavy atom. The van der Waals surface area contributed by atoms with Crippen LogP contribution in [0.15, 0.2) is 24.8 Å². The number of aryl methyl sites for hydroxylation is 1. The molecule has 0 aliphatic rings. The Kier molecular flexibility index (Phi) is 7.74. The van der Waals surface area contributed by atoms with E-state index in [0.717, 1.165) is 25.3 Å². The first-order chi connectivity index (χ1) is 9.99. The van der Waals surface area contributed by atoms with Crippen molar-refractivity contribution in [3.8, 4) is 0 Å². The van der Waals surface area contributed by atoms with Crippen LogP contribution in [-0.4, -0.2) is 24.5 Å². The third-order valence-electron chi connectivity index (χ3n) is 4.04. The van der Waals surface area contributed by atoms with Crippen molar-refractivity contribution >= 4 is 6.08 Å². The van der Waals surface area contributed by atoms with Gasteiger partial charge in [-0.3, -0.25) is 0 Å². The van der Waals surface area contributed by atoms with E-state index in [9.17, 15) is 0 Å². The van der Waals surface area contributed by atoms with Crippen LogP contribution in [0.1, 0.15) is 51.3 Å². The minimum absolute atomic E-state index is 0.689. The molecule has 0 spiro atoms. The van der Waals surface area contributed by atoms with Crippen molar-refractivity contribution < 1.29 is 0 Å². The molecule has 0 aromatic heterocycles. The molecular weight excluding hydrogens is 254 g/mol. The van der Waals surface area contributed by atoms with Crippen molar-refractivity contribution in [2.75, 3.05) is 19.6 Å². The van der Waals surface area contributed by atoms with Gasteiger partial charge in [0.2, 0.25) is 0 Å². The summed E-state index contributed by atoms with van der Waals surface area (Å²) >= 11 is 0. The third kappa shape index (κ3) is 6.05. The lowest BCUT2D eigenvalue weighted by molar-refractivity contribution is 0.223. The van der Waals surface area contributed by atoms with E-state index in [4.69, 9.17) is 0 Å². The van der Waals surface area contributed by atoms with Gasteiger partial charge in [0, 0.05) is 13.1 Å². The Labute approximate surface area is 132 Å². The molecule has 1 rings (SSSR count). The molecule has 0 aliphatic carbocycles. The second kappa shape index (κ2) is 9.04. The van der Waals surface area contributed by atoms with Crippen LogP contribution < -0.4 is 0 Å². The van der Waals surface area contributed by atoms with Gasteiger partial charge in [-0.1, -0.05) is 65.5 Å². The van der Waals surface area contributed by atoms with Gasteiger partial charge in [-0.15, -0.1) is 0 Å². The molecule has 1 unspecified atom stereocenters. The molecule has 1 atom stereocenters. The molecule has 1 aromatic rings. The molecule has 0 heterocycles. The van der Waals surface area contributed by atoms with Crippen LogP contribution in [0.3, 0.4) is 0 Å². The zero-order valence-corrected chi connectivity index (χ0v) is 14.7. The molecule has 0 amide bonds. The van der Waals surface area contributed by atoms with Gasteiger partial charge < -0.3 is 4.90 Å². The second-order valence-corrected chi connectivity index (χ2v) is 6.65. The van der Waals surface area contributed by atoms with Gasteiger partial charge in [0.25, 0.3) is 0 Å². The Balaban J connectivity index is 2.65. The van der Waals surface area contributed by atoms with E-state index in [-0.39, 0.29) is 0 Å². The molecule has 0 aliphatic heterocycles. The monoisotopic (exact) mass is 287 g/mol. The van der Waals surface area contributed by atoms with Crippen LogP contribution in [-0.2, 0) is 12.8 Å². The van der Waals surface area contributed by atoms with Crippen LogP contribution in [0.4, 0.5) is 0 Å². The minimum atomic E-state index is 0.689. The van der Waals surface area contributed by atoms with Gasteiger partial charge in [0.15, 0.2) is 0 Å². The van der Waals surface area contributed by atoms with E-state index in [1.165, 1.54) is 29.8 Å². The summed E-state index contributed by atoms with van der Waals surface area (Å²) in [5.41, 5.74) is 4.14. The number of benzene rings is 1. The highest BCUT2D eigenvalue weighted by Crippen LogP contribution is 2.17. The average Bonchev–Trinajstić information content (AvgIpc) is 2.45. The average molecular weight is 287 g/mol. The Bertz CT molecular complexity index is 433. The molecule has 0 N–H and O–H groups in total. The second-order valence-electron chi connectivity index (χ2n) is 6.65. The van der Waals surface area contributed by atoms with Crippen LogP contribution in [0.2, 0.25) is 0 Å². The first kappa shape index (κ1) is 18.0. The summed E-state index contributed by atoms with van der Waals surface area (Å²) in [4.78, 5) is 2.57. The van der Waals surface area contributed by atoms with Gasteiger partial charge >= 0.3 is 0 Å². The quantitative estimate of drug-likeness (QED) is 0.614. The topological polar surface area (TPSA) is 3.24 Å². The smallest absolute Gasteiger partial charge is 0.00102 e. The highest BCUT2D eigenvalue weighted by Gasteiger charge is 2.11. The fourth-order valence-corrected chi connectivity index (χ4v) is 3.04. The van der Waals surface area contributed by atoms with Crippen molar-refractivity contribution in [3.63, 3.8) is 0 Å². The predicted octanol–water partition coefficient (Wildman–Crippen LogP) is 5.05. The van der Waals surface area contributed by atoms with Crippen molar-refractivity contribution in [2.24, 2.45) is 11.8 Å². The SMILES string of the molecule is C=Cc1cc(CC(C)CN(CC)CC(C)C)ccc1CC. The summed E-state index contributed by atoms with van der Waals surface area (Å²) in [5.74, 6) is 1.43. The molecular formula is C20H33N. The van der Waals surface area contributed by atoms with Crippen LogP contribution in [0.25, 0.3) is 6.08 Å². The zero-order chi connectivity index (χ0) is 15.8. The normalized spacial score (nSPS) is 12.9. The first-order valence-electron chi connectivity index (χ1n) is 8.46. The van der Waals surface area contributed by atoms with Crippen molar-refractivity contribution in [1.29, 1.82) is 0 Å². The Morgan fingerprint density at radius 2 is 1.86 bits per heavy atom. The maximum atomic E-state index is 3.95. The molecule has 21 heavy (non-hydrogen) atoms. The summed E-state index contributed by atoms with van der Waals surface area (Å²) in [6.45, 7) is 18.9. The van der Waals surface area contributed by atoms with Gasteiger partial charge in [0.1, 0.15) is 0 Å². The highest BCUT2D eigenvalue weighted by atomic mass is 15.1. The molecule has 1 nitrogen and oxygen atoms in total. The molecule has 0 radical (unpaired) electrons. The number of hydrogen-bond donors (Lipinski definition) is 0. The molecule has 118 valence electrons. The van der Waals surface area contributed by atoms with Crippen molar-refractivity contribution in [3.05, 3.63) is 41.5 Å². The molecule has 0 saturated carbocycles. The summed E-state index contributed by atoms with van der Waals surface area (Å²) in [5, 5.41) is 0. The number of hydrogen-bond acceptors (Lipinski definition) is 1. The zero-order valence-electron chi connectivity index (χ0n) is 14.7. The maximum absolute atomic E-state index is 3.95. The van der Waals surface area contributed by atoms with Gasteiger partial charge in [-0.05, 0) is 47.9 Å². The molecule has 0 bridgehead atoms. The molecule has 0 saturated heterocycles. The van der Waals surface area contributed by atoms with Crippen molar-refractivity contribution in [2.45, 2.75) is 47.5 Å². The third-order valence-corrected chi connectivity index (χ3v) is 4.04. The Hall–Kier alpha value is -1.08. The summed E-state index contributed by atoms with van der Waals surface area (Å²) < 4.78 is 0. The van der Waals surface area contributed by atoms with Crippen LogP contribution in [0, 0.1) is 11.8 Å². The van der Waals surface area contributed by atoms with Gasteiger partial charge in [-0.25, -0.2) is 0 Å². The molecule has 1 aromatic carbocycles.